The van der Waals surface area contributed by atoms with E-state index in [1.807, 2.05) is 0 Å². The normalized spacial score (nSPS) is 12.1. The molecule has 0 aliphatic carbocycles. The second-order valence-corrected chi connectivity index (χ2v) is 6.16. The summed E-state index contributed by atoms with van der Waals surface area (Å²) in [6, 6.07) is 10.4. The summed E-state index contributed by atoms with van der Waals surface area (Å²) in [5.74, 6) is -0.373. The Morgan fingerprint density at radius 1 is 0.893 bits per heavy atom. The van der Waals surface area contributed by atoms with Gasteiger partial charge in [0.05, 0.1) is 12.2 Å². The lowest BCUT2D eigenvalue weighted by Crippen LogP contribution is -2.26. The van der Waals surface area contributed by atoms with Crippen molar-refractivity contribution < 1.29 is 35.9 Å². The predicted octanol–water partition coefficient (Wildman–Crippen LogP) is 5.06. The fourth-order valence-corrected chi connectivity index (χ4v) is 2.39. The summed E-state index contributed by atoms with van der Waals surface area (Å²) in [6.07, 6.45) is -8.83. The molecule has 0 unspecified atom stereocenters. The van der Waals surface area contributed by atoms with E-state index in [9.17, 15) is 31.1 Å². The smallest absolute Gasteiger partial charge is 0.367 e. The summed E-state index contributed by atoms with van der Waals surface area (Å²) in [5.41, 5.74) is 0.537. The summed E-state index contributed by atoms with van der Waals surface area (Å²) in [4.78, 5) is 13.7. The van der Waals surface area contributed by atoms with Crippen molar-refractivity contribution in [3.05, 3.63) is 70.8 Å². The van der Waals surface area contributed by atoms with Gasteiger partial charge in [-0.1, -0.05) is 24.3 Å². The molecule has 28 heavy (non-hydrogen) atoms. The number of alkyl halides is 6. The van der Waals surface area contributed by atoms with Crippen LogP contribution < -0.4 is 0 Å². The molecule has 152 valence electrons. The third kappa shape index (κ3) is 6.56. The van der Waals surface area contributed by atoms with Crippen LogP contribution in [0.3, 0.4) is 0 Å². The topological polar surface area (TPSA) is 29.5 Å². The number of nitrogens with zero attached hydrogens (tertiary/aromatic N) is 1. The van der Waals surface area contributed by atoms with Crippen LogP contribution >= 0.6 is 0 Å². The van der Waals surface area contributed by atoms with Gasteiger partial charge in [-0.3, -0.25) is 4.79 Å². The highest BCUT2D eigenvalue weighted by Gasteiger charge is 2.30. The number of hydrogen-bond acceptors (Lipinski definition) is 2. The third-order valence-corrected chi connectivity index (χ3v) is 3.78. The molecule has 2 aromatic rings. The Labute approximate surface area is 157 Å². The van der Waals surface area contributed by atoms with Crippen molar-refractivity contribution in [2.45, 2.75) is 25.5 Å². The number of ether oxygens (including phenoxy) is 1. The van der Waals surface area contributed by atoms with Crippen LogP contribution in [0.25, 0.3) is 0 Å². The Kier molecular flexibility index (Phi) is 6.71. The van der Waals surface area contributed by atoms with Gasteiger partial charge in [-0.15, -0.1) is 0 Å². The lowest BCUT2D eigenvalue weighted by molar-refractivity contribution is -0.176. The summed E-state index contributed by atoms with van der Waals surface area (Å²) in [5, 5.41) is 0. The van der Waals surface area contributed by atoms with Crippen molar-refractivity contribution in [2.75, 3.05) is 13.7 Å². The second-order valence-electron chi connectivity index (χ2n) is 6.16. The molecule has 9 heteroatoms. The number of halogens is 6. The highest BCUT2D eigenvalue weighted by Crippen LogP contribution is 2.29. The van der Waals surface area contributed by atoms with Crippen molar-refractivity contribution in [1.82, 2.24) is 4.90 Å². The minimum absolute atomic E-state index is 0.105. The highest BCUT2D eigenvalue weighted by atomic mass is 19.4. The van der Waals surface area contributed by atoms with E-state index in [2.05, 4.69) is 4.74 Å². The van der Waals surface area contributed by atoms with E-state index in [-0.39, 0.29) is 19.1 Å². The summed E-state index contributed by atoms with van der Waals surface area (Å²) < 4.78 is 78.4. The van der Waals surface area contributed by atoms with Crippen LogP contribution in [0.15, 0.2) is 48.5 Å². The molecule has 2 rings (SSSR count). The summed E-state index contributed by atoms with van der Waals surface area (Å²) in [6.45, 7) is -1.49. The van der Waals surface area contributed by atoms with Crippen molar-refractivity contribution in [1.29, 1.82) is 0 Å². The molecule has 0 atom stereocenters. The molecule has 0 saturated heterocycles. The van der Waals surface area contributed by atoms with Crippen LogP contribution in [0, 0.1) is 0 Å². The first kappa shape index (κ1) is 21.7. The van der Waals surface area contributed by atoms with Crippen LogP contribution in [0.5, 0.6) is 0 Å². The zero-order chi connectivity index (χ0) is 20.9. The van der Waals surface area contributed by atoms with Gasteiger partial charge in [0.1, 0.15) is 6.61 Å². The van der Waals surface area contributed by atoms with E-state index in [1.165, 1.54) is 48.3 Å². The molecule has 0 aliphatic rings. The monoisotopic (exact) mass is 405 g/mol. The van der Waals surface area contributed by atoms with E-state index < -0.39 is 24.5 Å². The first-order chi connectivity index (χ1) is 13.0. The largest absolute Gasteiger partial charge is 0.416 e. The highest BCUT2D eigenvalue weighted by molar-refractivity contribution is 5.94. The maximum atomic E-state index is 12.6. The number of benzene rings is 2. The number of amides is 1. The summed E-state index contributed by atoms with van der Waals surface area (Å²) in [7, 11) is 1.50. The number of carbonyl (C=O) groups excluding carboxylic acids is 1. The average Bonchev–Trinajstić information content (AvgIpc) is 2.60. The van der Waals surface area contributed by atoms with Gasteiger partial charge in [-0.05, 0) is 35.4 Å². The molecule has 0 bridgehead atoms. The number of hydrogen-bond donors (Lipinski definition) is 0. The Hall–Kier alpha value is -2.55. The van der Waals surface area contributed by atoms with Crippen LogP contribution in [0.4, 0.5) is 26.3 Å². The van der Waals surface area contributed by atoms with Gasteiger partial charge >= 0.3 is 12.4 Å². The minimum atomic E-state index is -4.42. The van der Waals surface area contributed by atoms with Gasteiger partial charge in [0.2, 0.25) is 0 Å². The Morgan fingerprint density at radius 3 is 1.93 bits per heavy atom. The zero-order valence-electron chi connectivity index (χ0n) is 14.8. The Balaban J connectivity index is 1.93. The third-order valence-electron chi connectivity index (χ3n) is 3.78. The molecule has 3 nitrogen and oxygen atoms in total. The molecule has 0 aromatic heterocycles. The SMILES string of the molecule is CN(Cc1ccc(C(F)(F)F)cc1)C(=O)c1ccc(COCC(F)(F)F)cc1. The van der Waals surface area contributed by atoms with E-state index in [0.717, 1.165) is 12.1 Å². The van der Waals surface area contributed by atoms with Crippen molar-refractivity contribution in [3.8, 4) is 0 Å². The molecule has 0 saturated carbocycles. The first-order valence-electron chi connectivity index (χ1n) is 8.11. The standard InChI is InChI=1S/C19H17F6NO2/c1-26(10-13-4-8-16(9-5-13)19(23,24)25)17(27)15-6-2-14(3-7-15)11-28-12-18(20,21)22/h2-9H,10-12H2,1H3. The van der Waals surface area contributed by atoms with Gasteiger partial charge in [-0.2, -0.15) is 26.3 Å². The molecular formula is C19H17F6NO2. The van der Waals surface area contributed by atoms with Crippen molar-refractivity contribution >= 4 is 5.91 Å². The molecule has 0 fully saturated rings. The van der Waals surface area contributed by atoms with Crippen LogP contribution in [0.1, 0.15) is 27.0 Å². The second kappa shape index (κ2) is 8.64. The summed E-state index contributed by atoms with van der Waals surface area (Å²) >= 11 is 0. The van der Waals surface area contributed by atoms with Crippen molar-refractivity contribution in [2.24, 2.45) is 0 Å². The van der Waals surface area contributed by atoms with E-state index in [1.54, 1.807) is 0 Å². The maximum absolute atomic E-state index is 12.6. The van der Waals surface area contributed by atoms with Crippen LogP contribution in [-0.4, -0.2) is 30.6 Å². The van der Waals surface area contributed by atoms with Gasteiger partial charge < -0.3 is 9.64 Å². The van der Waals surface area contributed by atoms with Gasteiger partial charge in [0, 0.05) is 19.2 Å². The van der Waals surface area contributed by atoms with Crippen LogP contribution in [0.2, 0.25) is 0 Å². The van der Waals surface area contributed by atoms with Crippen LogP contribution in [-0.2, 0) is 24.1 Å². The first-order valence-corrected chi connectivity index (χ1v) is 8.11. The molecule has 1 amide bonds. The lowest BCUT2D eigenvalue weighted by Gasteiger charge is -2.18. The zero-order valence-corrected chi connectivity index (χ0v) is 14.8. The lowest BCUT2D eigenvalue weighted by atomic mass is 10.1. The van der Waals surface area contributed by atoms with Gasteiger partial charge in [-0.25, -0.2) is 0 Å². The van der Waals surface area contributed by atoms with E-state index >= 15 is 0 Å². The van der Waals surface area contributed by atoms with Crippen molar-refractivity contribution in [3.63, 3.8) is 0 Å². The molecule has 0 N–H and O–H groups in total. The van der Waals surface area contributed by atoms with Gasteiger partial charge in [0.25, 0.3) is 5.91 Å². The molecule has 0 spiro atoms. The van der Waals surface area contributed by atoms with E-state index in [4.69, 9.17) is 0 Å². The maximum Gasteiger partial charge on any atom is 0.416 e. The Bertz CT molecular complexity index is 782. The molecule has 2 aromatic carbocycles. The van der Waals surface area contributed by atoms with Gasteiger partial charge in [0.15, 0.2) is 0 Å². The van der Waals surface area contributed by atoms with E-state index in [0.29, 0.717) is 16.7 Å². The molecule has 0 aliphatic heterocycles. The predicted molar refractivity (Wildman–Crippen MR) is 89.4 cm³/mol. The fourth-order valence-electron chi connectivity index (χ4n) is 2.39. The average molecular weight is 405 g/mol. The molecule has 0 radical (unpaired) electrons. The number of carbonyl (C=O) groups is 1. The number of rotatable bonds is 6. The minimum Gasteiger partial charge on any atom is -0.367 e. The quantitative estimate of drug-likeness (QED) is 0.629. The fraction of sp³-hybridized carbons (Fsp3) is 0.316. The molecule has 0 heterocycles. The Morgan fingerprint density at radius 2 is 1.43 bits per heavy atom. The molecular weight excluding hydrogens is 388 g/mol.